The molecule has 2 aromatic carbocycles. The maximum Gasteiger partial charge on any atom is 0.328 e. The minimum atomic E-state index is -0.0199. The van der Waals surface area contributed by atoms with Crippen LogP contribution in [0, 0.1) is 0 Å². The fourth-order valence-electron chi connectivity index (χ4n) is 4.15. The molecular weight excluding hydrogens is 384 g/mol. The summed E-state index contributed by atoms with van der Waals surface area (Å²) >= 11 is 0. The normalized spacial score (nSPS) is 11.6. The summed E-state index contributed by atoms with van der Waals surface area (Å²) in [5.41, 5.74) is 6.99. The van der Waals surface area contributed by atoms with Gasteiger partial charge in [0.05, 0.1) is 16.7 Å². The minimum absolute atomic E-state index is 0.0199. The number of pyridine rings is 2. The lowest BCUT2D eigenvalue weighted by atomic mass is 9.98. The highest BCUT2D eigenvalue weighted by Gasteiger charge is 2.12. The summed E-state index contributed by atoms with van der Waals surface area (Å²) in [7, 11) is 3.61. The molecule has 0 bridgehead atoms. The third-order valence-corrected chi connectivity index (χ3v) is 6.02. The summed E-state index contributed by atoms with van der Waals surface area (Å²) in [4.78, 5) is 21.6. The molecule has 3 heterocycles. The van der Waals surface area contributed by atoms with Crippen LogP contribution in [0.4, 0.5) is 0 Å². The van der Waals surface area contributed by atoms with E-state index < -0.39 is 0 Å². The first-order chi connectivity index (χ1) is 14.9. The van der Waals surface area contributed by atoms with E-state index in [2.05, 4.69) is 67.4 Å². The molecule has 0 spiro atoms. The van der Waals surface area contributed by atoms with Crippen molar-refractivity contribution in [3.05, 3.63) is 83.2 Å². The van der Waals surface area contributed by atoms with Crippen LogP contribution in [0.2, 0.25) is 0 Å². The van der Waals surface area contributed by atoms with Crippen LogP contribution in [0.25, 0.3) is 44.2 Å². The van der Waals surface area contributed by atoms with Crippen LogP contribution in [0.3, 0.4) is 0 Å². The van der Waals surface area contributed by atoms with E-state index in [9.17, 15) is 4.79 Å². The second-order valence-corrected chi connectivity index (χ2v) is 8.33. The van der Waals surface area contributed by atoms with Crippen molar-refractivity contribution < 1.29 is 0 Å². The smallest absolute Gasteiger partial charge is 0.295 e. The molecule has 5 rings (SSSR count). The standard InChI is InChI=1S/C26H24N4O/c1-16(2)22-10-8-19(14-27-22)23-12-17-6-5-7-20(21(17)15-28-23)18-9-11-24-25(13-18)30(4)26(31)29(24)3/h5-16H,1-4H3. The lowest BCUT2D eigenvalue weighted by Crippen LogP contribution is -2.19. The van der Waals surface area contributed by atoms with Gasteiger partial charge in [0.2, 0.25) is 0 Å². The van der Waals surface area contributed by atoms with Crippen LogP contribution in [0.1, 0.15) is 25.5 Å². The molecule has 5 aromatic rings. The zero-order valence-electron chi connectivity index (χ0n) is 18.1. The first-order valence-corrected chi connectivity index (χ1v) is 10.4. The van der Waals surface area contributed by atoms with Gasteiger partial charge in [-0.25, -0.2) is 4.79 Å². The molecule has 154 valence electrons. The molecule has 5 nitrogen and oxygen atoms in total. The van der Waals surface area contributed by atoms with Gasteiger partial charge < -0.3 is 0 Å². The Morgan fingerprint density at radius 3 is 2.32 bits per heavy atom. The summed E-state index contributed by atoms with van der Waals surface area (Å²) in [5.74, 6) is 0.405. The fraction of sp³-hybridized carbons (Fsp3) is 0.192. The van der Waals surface area contributed by atoms with Gasteiger partial charge in [0.1, 0.15) is 0 Å². The molecule has 0 aliphatic heterocycles. The number of fused-ring (bicyclic) bond motifs is 2. The third-order valence-electron chi connectivity index (χ3n) is 6.02. The summed E-state index contributed by atoms with van der Waals surface area (Å²) in [6, 6.07) is 18.7. The van der Waals surface area contributed by atoms with Gasteiger partial charge in [-0.15, -0.1) is 0 Å². The van der Waals surface area contributed by atoms with Gasteiger partial charge in [0, 0.05) is 43.1 Å². The number of hydrogen-bond donors (Lipinski definition) is 0. The Balaban J connectivity index is 1.62. The lowest BCUT2D eigenvalue weighted by Gasteiger charge is -2.10. The van der Waals surface area contributed by atoms with Crippen molar-refractivity contribution in [2.75, 3.05) is 0 Å². The monoisotopic (exact) mass is 408 g/mol. The maximum atomic E-state index is 12.3. The van der Waals surface area contributed by atoms with Crippen LogP contribution in [-0.2, 0) is 14.1 Å². The molecule has 3 aromatic heterocycles. The zero-order chi connectivity index (χ0) is 21.7. The number of aromatic nitrogens is 4. The number of imidazole rings is 1. The highest BCUT2D eigenvalue weighted by Crippen LogP contribution is 2.32. The number of nitrogens with zero attached hydrogens (tertiary/aromatic N) is 4. The minimum Gasteiger partial charge on any atom is -0.295 e. The van der Waals surface area contributed by atoms with E-state index in [4.69, 9.17) is 4.98 Å². The molecule has 0 N–H and O–H groups in total. The van der Waals surface area contributed by atoms with Crippen LogP contribution in [0.15, 0.2) is 71.8 Å². The van der Waals surface area contributed by atoms with Gasteiger partial charge in [-0.05, 0) is 52.8 Å². The molecule has 0 fully saturated rings. The zero-order valence-corrected chi connectivity index (χ0v) is 18.1. The number of benzene rings is 2. The molecule has 0 saturated heterocycles. The van der Waals surface area contributed by atoms with Crippen molar-refractivity contribution in [3.8, 4) is 22.4 Å². The van der Waals surface area contributed by atoms with Crippen LogP contribution in [-0.4, -0.2) is 19.1 Å². The Hall–Kier alpha value is -3.73. The molecule has 0 aliphatic rings. The molecule has 0 saturated carbocycles. The largest absolute Gasteiger partial charge is 0.328 e. The average molecular weight is 409 g/mol. The predicted molar refractivity (Wildman–Crippen MR) is 126 cm³/mol. The molecule has 0 aliphatic carbocycles. The quantitative estimate of drug-likeness (QED) is 0.408. The second kappa shape index (κ2) is 7.20. The van der Waals surface area contributed by atoms with E-state index in [0.29, 0.717) is 5.92 Å². The van der Waals surface area contributed by atoms with Crippen molar-refractivity contribution in [2.45, 2.75) is 19.8 Å². The summed E-state index contributed by atoms with van der Waals surface area (Å²) in [6.45, 7) is 4.28. The number of aryl methyl sites for hydroxylation is 2. The Kier molecular flexibility index (Phi) is 4.47. The van der Waals surface area contributed by atoms with Gasteiger partial charge in [-0.3, -0.25) is 19.1 Å². The van der Waals surface area contributed by atoms with E-state index in [1.807, 2.05) is 25.5 Å². The third kappa shape index (κ3) is 3.13. The predicted octanol–water partition coefficient (Wildman–Crippen LogP) is 5.28. The maximum absolute atomic E-state index is 12.3. The first-order valence-electron chi connectivity index (χ1n) is 10.4. The average Bonchev–Trinajstić information content (AvgIpc) is 3.02. The molecule has 5 heteroatoms. The van der Waals surface area contributed by atoms with Crippen LogP contribution < -0.4 is 5.69 Å². The number of hydrogen-bond acceptors (Lipinski definition) is 3. The van der Waals surface area contributed by atoms with Gasteiger partial charge in [-0.2, -0.15) is 0 Å². The van der Waals surface area contributed by atoms with Gasteiger partial charge in [-0.1, -0.05) is 38.1 Å². The van der Waals surface area contributed by atoms with Gasteiger partial charge >= 0.3 is 5.69 Å². The Bertz CT molecular complexity index is 1490. The molecule has 31 heavy (non-hydrogen) atoms. The van der Waals surface area contributed by atoms with E-state index in [0.717, 1.165) is 49.9 Å². The molecule has 0 amide bonds. The van der Waals surface area contributed by atoms with Crippen LogP contribution in [0.5, 0.6) is 0 Å². The second-order valence-electron chi connectivity index (χ2n) is 8.33. The fourth-order valence-corrected chi connectivity index (χ4v) is 4.15. The Morgan fingerprint density at radius 1 is 0.806 bits per heavy atom. The highest BCUT2D eigenvalue weighted by molar-refractivity contribution is 5.99. The topological polar surface area (TPSA) is 52.7 Å². The SMILES string of the molecule is CC(C)c1ccc(-c2cc3cccc(-c4ccc5c(c4)n(C)c(=O)n5C)c3cn2)cn1. The first kappa shape index (κ1) is 19.2. The van der Waals surface area contributed by atoms with Crippen molar-refractivity contribution in [1.29, 1.82) is 0 Å². The molecule has 0 atom stereocenters. The summed E-state index contributed by atoms with van der Waals surface area (Å²) < 4.78 is 3.36. The lowest BCUT2D eigenvalue weighted by molar-refractivity contribution is 0.795. The number of rotatable bonds is 3. The van der Waals surface area contributed by atoms with E-state index in [-0.39, 0.29) is 5.69 Å². The van der Waals surface area contributed by atoms with Crippen molar-refractivity contribution in [3.63, 3.8) is 0 Å². The van der Waals surface area contributed by atoms with E-state index >= 15 is 0 Å². The molecule has 0 unspecified atom stereocenters. The van der Waals surface area contributed by atoms with E-state index in [1.54, 1.807) is 16.2 Å². The van der Waals surface area contributed by atoms with Crippen molar-refractivity contribution in [2.24, 2.45) is 14.1 Å². The van der Waals surface area contributed by atoms with Crippen molar-refractivity contribution >= 4 is 21.8 Å². The van der Waals surface area contributed by atoms with Gasteiger partial charge in [0.25, 0.3) is 0 Å². The summed E-state index contributed by atoms with van der Waals surface area (Å²) in [6.07, 6.45) is 3.84. The Morgan fingerprint density at radius 2 is 1.58 bits per heavy atom. The summed E-state index contributed by atoms with van der Waals surface area (Å²) in [5, 5.41) is 2.20. The van der Waals surface area contributed by atoms with Crippen LogP contribution >= 0.6 is 0 Å². The Labute approximate surface area is 180 Å². The highest BCUT2D eigenvalue weighted by atomic mass is 16.1. The van der Waals surface area contributed by atoms with Crippen molar-refractivity contribution in [1.82, 2.24) is 19.1 Å². The van der Waals surface area contributed by atoms with E-state index in [1.165, 1.54) is 0 Å². The molecular formula is C26H24N4O. The van der Waals surface area contributed by atoms with Gasteiger partial charge in [0.15, 0.2) is 0 Å². The molecule has 0 radical (unpaired) electrons.